The molecule has 0 saturated heterocycles. The van der Waals surface area contributed by atoms with E-state index in [1.807, 2.05) is 4.98 Å². The van der Waals surface area contributed by atoms with Crippen LogP contribution in [0.25, 0.3) is 0 Å². The molecule has 1 aromatic rings. The van der Waals surface area contributed by atoms with Gasteiger partial charge in [-0.2, -0.15) is 13.2 Å². The molecule has 15 heavy (non-hydrogen) atoms. The minimum atomic E-state index is -4.71. The zero-order valence-corrected chi connectivity index (χ0v) is 7.61. The Kier molecular flexibility index (Phi) is 2.83. The summed E-state index contributed by atoms with van der Waals surface area (Å²) >= 11 is 0. The van der Waals surface area contributed by atoms with Gasteiger partial charge in [0.2, 0.25) is 0 Å². The molecule has 0 unspecified atom stereocenters. The summed E-state index contributed by atoms with van der Waals surface area (Å²) in [4.78, 5) is 23.8. The van der Waals surface area contributed by atoms with Crippen LogP contribution < -0.4 is 10.9 Å². The molecule has 2 N–H and O–H groups in total. The van der Waals surface area contributed by atoms with Crippen LogP contribution in [0, 0.1) is 0 Å². The highest BCUT2D eigenvalue weighted by molar-refractivity contribution is 5.91. The standard InChI is InChI=1S/C8H7F3N2O2/c1-12-7(15)5-3-2-4(6(14)13-5)8(9,10)11/h2-3H,1H3,(H,12,15)(H,13,14). The number of H-pyrrole nitrogens is 1. The molecule has 7 heteroatoms. The van der Waals surface area contributed by atoms with Gasteiger partial charge in [-0.15, -0.1) is 0 Å². The van der Waals surface area contributed by atoms with Gasteiger partial charge in [-0.3, -0.25) is 9.59 Å². The number of aromatic nitrogens is 1. The number of carbonyl (C=O) groups is 1. The highest BCUT2D eigenvalue weighted by Crippen LogP contribution is 2.25. The van der Waals surface area contributed by atoms with E-state index in [2.05, 4.69) is 5.32 Å². The highest BCUT2D eigenvalue weighted by Gasteiger charge is 2.33. The lowest BCUT2D eigenvalue weighted by Crippen LogP contribution is -2.26. The van der Waals surface area contributed by atoms with E-state index in [1.54, 1.807) is 0 Å². The second-order valence-electron chi connectivity index (χ2n) is 2.69. The normalized spacial score (nSPS) is 11.2. The molecule has 4 nitrogen and oxygen atoms in total. The summed E-state index contributed by atoms with van der Waals surface area (Å²) in [6.07, 6.45) is -4.71. The van der Waals surface area contributed by atoms with Crippen molar-refractivity contribution in [3.05, 3.63) is 33.7 Å². The van der Waals surface area contributed by atoms with Gasteiger partial charge in [-0.1, -0.05) is 0 Å². The van der Waals surface area contributed by atoms with E-state index in [0.717, 1.165) is 6.07 Å². The molecule has 0 radical (unpaired) electrons. The Balaban J connectivity index is 3.21. The number of nitrogens with one attached hydrogen (secondary N) is 2. The van der Waals surface area contributed by atoms with Crippen molar-refractivity contribution in [1.29, 1.82) is 0 Å². The molecule has 0 aliphatic heterocycles. The van der Waals surface area contributed by atoms with Gasteiger partial charge < -0.3 is 10.3 Å². The molecule has 1 heterocycles. The number of hydrogen-bond donors (Lipinski definition) is 2. The number of halogens is 3. The largest absolute Gasteiger partial charge is 0.421 e. The van der Waals surface area contributed by atoms with Crippen molar-refractivity contribution < 1.29 is 18.0 Å². The SMILES string of the molecule is CNC(=O)c1ccc(C(F)(F)F)c(=O)[nH]1. The molecule has 0 aliphatic carbocycles. The van der Waals surface area contributed by atoms with Crippen LogP contribution in [0.1, 0.15) is 16.1 Å². The fourth-order valence-electron chi connectivity index (χ4n) is 0.964. The maximum Gasteiger partial charge on any atom is 0.421 e. The molecule has 0 bridgehead atoms. The van der Waals surface area contributed by atoms with Crippen LogP contribution in [0.3, 0.4) is 0 Å². The molecular weight excluding hydrogens is 213 g/mol. The predicted octanol–water partition coefficient (Wildman–Crippen LogP) is 0.753. The summed E-state index contributed by atoms with van der Waals surface area (Å²) in [7, 11) is 1.30. The van der Waals surface area contributed by atoms with Crippen molar-refractivity contribution in [2.45, 2.75) is 6.18 Å². The van der Waals surface area contributed by atoms with E-state index in [4.69, 9.17) is 0 Å². The van der Waals surface area contributed by atoms with Crippen LogP contribution >= 0.6 is 0 Å². The van der Waals surface area contributed by atoms with Gasteiger partial charge in [-0.05, 0) is 12.1 Å². The van der Waals surface area contributed by atoms with Gasteiger partial charge >= 0.3 is 6.18 Å². The Morgan fingerprint density at radius 2 is 2.00 bits per heavy atom. The second-order valence-corrected chi connectivity index (χ2v) is 2.69. The number of aromatic amines is 1. The van der Waals surface area contributed by atoms with Crippen LogP contribution in [0.4, 0.5) is 13.2 Å². The van der Waals surface area contributed by atoms with Gasteiger partial charge in [0.15, 0.2) is 0 Å². The van der Waals surface area contributed by atoms with Crippen LogP contribution in [-0.4, -0.2) is 17.9 Å². The van der Waals surface area contributed by atoms with Crippen molar-refractivity contribution in [2.24, 2.45) is 0 Å². The van der Waals surface area contributed by atoms with Crippen LogP contribution in [0.15, 0.2) is 16.9 Å². The summed E-state index contributed by atoms with van der Waals surface area (Å²) in [5.41, 5.74) is -2.87. The molecule has 0 aromatic carbocycles. The monoisotopic (exact) mass is 220 g/mol. The van der Waals surface area contributed by atoms with E-state index in [-0.39, 0.29) is 5.69 Å². The number of amides is 1. The topological polar surface area (TPSA) is 62.0 Å². The van der Waals surface area contributed by atoms with Gasteiger partial charge in [-0.25, -0.2) is 0 Å². The number of hydrogen-bond acceptors (Lipinski definition) is 2. The Morgan fingerprint density at radius 3 is 2.40 bits per heavy atom. The fourth-order valence-corrected chi connectivity index (χ4v) is 0.964. The zero-order chi connectivity index (χ0) is 11.6. The average molecular weight is 220 g/mol. The van der Waals surface area contributed by atoms with Crippen molar-refractivity contribution in [3.63, 3.8) is 0 Å². The first-order chi connectivity index (χ1) is 6.86. The van der Waals surface area contributed by atoms with Crippen LogP contribution in [-0.2, 0) is 6.18 Å². The first kappa shape index (κ1) is 11.3. The molecule has 1 rings (SSSR count). The van der Waals surface area contributed by atoms with Crippen molar-refractivity contribution >= 4 is 5.91 Å². The maximum atomic E-state index is 12.1. The lowest BCUT2D eigenvalue weighted by Gasteiger charge is -2.05. The van der Waals surface area contributed by atoms with Crippen molar-refractivity contribution in [2.75, 3.05) is 7.05 Å². The molecule has 1 amide bonds. The van der Waals surface area contributed by atoms with E-state index < -0.39 is 23.2 Å². The molecule has 1 aromatic heterocycles. The smallest absolute Gasteiger partial charge is 0.354 e. The molecule has 0 atom stereocenters. The predicted molar refractivity (Wildman–Crippen MR) is 45.5 cm³/mol. The Hall–Kier alpha value is -1.79. The lowest BCUT2D eigenvalue weighted by atomic mass is 10.2. The maximum absolute atomic E-state index is 12.1. The van der Waals surface area contributed by atoms with Crippen molar-refractivity contribution in [3.8, 4) is 0 Å². The number of pyridine rings is 1. The molecule has 0 spiro atoms. The third-order valence-corrected chi connectivity index (χ3v) is 1.69. The highest BCUT2D eigenvalue weighted by atomic mass is 19.4. The quantitative estimate of drug-likeness (QED) is 0.733. The summed E-state index contributed by atoms with van der Waals surface area (Å²) in [5, 5.41) is 2.18. The van der Waals surface area contributed by atoms with E-state index >= 15 is 0 Å². The van der Waals surface area contributed by atoms with E-state index in [9.17, 15) is 22.8 Å². The third-order valence-electron chi connectivity index (χ3n) is 1.69. The number of alkyl halides is 3. The molecular formula is C8H7F3N2O2. The van der Waals surface area contributed by atoms with Gasteiger partial charge in [0.05, 0.1) is 0 Å². The fraction of sp³-hybridized carbons (Fsp3) is 0.250. The van der Waals surface area contributed by atoms with Gasteiger partial charge in [0, 0.05) is 7.05 Å². The van der Waals surface area contributed by atoms with Crippen LogP contribution in [0.2, 0.25) is 0 Å². The van der Waals surface area contributed by atoms with Gasteiger partial charge in [0.25, 0.3) is 11.5 Å². The first-order valence-electron chi connectivity index (χ1n) is 3.89. The second kappa shape index (κ2) is 3.76. The molecule has 82 valence electrons. The molecule has 0 aliphatic rings. The van der Waals surface area contributed by atoms with Crippen LogP contribution in [0.5, 0.6) is 0 Å². The third kappa shape index (κ3) is 2.36. The Labute approximate surface area is 82.1 Å². The molecule has 0 saturated carbocycles. The number of carbonyl (C=O) groups excluding carboxylic acids is 1. The summed E-state index contributed by atoms with van der Waals surface area (Å²) in [6.45, 7) is 0. The lowest BCUT2D eigenvalue weighted by molar-refractivity contribution is -0.138. The van der Waals surface area contributed by atoms with E-state index in [0.29, 0.717) is 6.07 Å². The molecule has 0 fully saturated rings. The van der Waals surface area contributed by atoms with Gasteiger partial charge in [0.1, 0.15) is 11.3 Å². The minimum absolute atomic E-state index is 0.212. The Bertz CT molecular complexity index is 436. The average Bonchev–Trinajstić information content (AvgIpc) is 2.14. The summed E-state index contributed by atoms with van der Waals surface area (Å²) in [5.74, 6) is -0.652. The summed E-state index contributed by atoms with van der Waals surface area (Å²) in [6, 6.07) is 1.48. The number of rotatable bonds is 1. The van der Waals surface area contributed by atoms with E-state index in [1.165, 1.54) is 7.05 Å². The zero-order valence-electron chi connectivity index (χ0n) is 7.61. The summed E-state index contributed by atoms with van der Waals surface area (Å²) < 4.78 is 36.4. The Morgan fingerprint density at radius 1 is 1.40 bits per heavy atom. The minimum Gasteiger partial charge on any atom is -0.354 e. The van der Waals surface area contributed by atoms with Crippen molar-refractivity contribution in [1.82, 2.24) is 10.3 Å². The first-order valence-corrected chi connectivity index (χ1v) is 3.89.